The van der Waals surface area contributed by atoms with Gasteiger partial charge in [0, 0.05) is 24.8 Å². The molecule has 0 bridgehead atoms. The summed E-state index contributed by atoms with van der Waals surface area (Å²) in [6, 6.07) is 0.230. The van der Waals surface area contributed by atoms with Crippen molar-refractivity contribution in [1.82, 2.24) is 5.32 Å². The Hall–Kier alpha value is 0.0700. The van der Waals surface area contributed by atoms with Crippen molar-refractivity contribution < 1.29 is 4.79 Å². The van der Waals surface area contributed by atoms with Crippen LogP contribution in [-0.2, 0) is 4.79 Å². The monoisotopic (exact) mass is 280 g/mol. The van der Waals surface area contributed by atoms with Crippen molar-refractivity contribution in [3.63, 3.8) is 0 Å². The Morgan fingerprint density at radius 2 is 2.18 bits per heavy atom. The first-order chi connectivity index (χ1) is 7.77. The first-order valence-corrected chi connectivity index (χ1v) is 7.50. The lowest BCUT2D eigenvalue weighted by Crippen LogP contribution is -2.41. The lowest BCUT2D eigenvalue weighted by molar-refractivity contribution is -0.121. The van der Waals surface area contributed by atoms with E-state index in [1.54, 1.807) is 0 Å². The normalized spacial score (nSPS) is 16.1. The molecule has 0 saturated heterocycles. The third kappa shape index (κ3) is 7.90. The van der Waals surface area contributed by atoms with Gasteiger partial charge in [0.2, 0.25) is 5.91 Å². The maximum atomic E-state index is 11.6. The SMILES string of the molecule is CCCCSCCC(=O)NC(CN)C1CC1.Cl. The molecular formula is C12H25ClN2OS. The lowest BCUT2D eigenvalue weighted by Gasteiger charge is -2.15. The highest BCUT2D eigenvalue weighted by atomic mass is 35.5. The Morgan fingerprint density at radius 1 is 1.47 bits per heavy atom. The van der Waals surface area contributed by atoms with E-state index >= 15 is 0 Å². The molecule has 1 aliphatic rings. The molecule has 5 heteroatoms. The fraction of sp³-hybridized carbons (Fsp3) is 0.917. The predicted molar refractivity (Wildman–Crippen MR) is 77.8 cm³/mol. The van der Waals surface area contributed by atoms with E-state index in [4.69, 9.17) is 5.73 Å². The molecule has 102 valence electrons. The topological polar surface area (TPSA) is 55.1 Å². The fourth-order valence-corrected chi connectivity index (χ4v) is 2.69. The number of rotatable bonds is 9. The lowest BCUT2D eigenvalue weighted by atomic mass is 10.2. The molecule has 0 heterocycles. The van der Waals surface area contributed by atoms with Gasteiger partial charge in [0.25, 0.3) is 0 Å². The fourth-order valence-electron chi connectivity index (χ4n) is 1.66. The van der Waals surface area contributed by atoms with Crippen LogP contribution in [0.4, 0.5) is 0 Å². The van der Waals surface area contributed by atoms with Gasteiger partial charge < -0.3 is 11.1 Å². The summed E-state index contributed by atoms with van der Waals surface area (Å²) in [6.45, 7) is 2.77. The Labute approximate surface area is 115 Å². The largest absolute Gasteiger partial charge is 0.352 e. The smallest absolute Gasteiger partial charge is 0.221 e. The van der Waals surface area contributed by atoms with E-state index in [-0.39, 0.29) is 24.4 Å². The van der Waals surface area contributed by atoms with Gasteiger partial charge in [-0.2, -0.15) is 11.8 Å². The molecule has 0 radical (unpaired) electrons. The summed E-state index contributed by atoms with van der Waals surface area (Å²) in [6.07, 6.45) is 5.58. The van der Waals surface area contributed by atoms with Crippen LogP contribution in [0.25, 0.3) is 0 Å². The van der Waals surface area contributed by atoms with Gasteiger partial charge in [0.15, 0.2) is 0 Å². The number of nitrogens with two attached hydrogens (primary N) is 1. The standard InChI is InChI=1S/C12H24N2OS.ClH/c1-2-3-7-16-8-6-12(15)14-11(9-13)10-4-5-10;/h10-11H,2-9,13H2,1H3,(H,14,15);1H. The summed E-state index contributed by atoms with van der Waals surface area (Å²) in [7, 11) is 0. The zero-order valence-electron chi connectivity index (χ0n) is 10.6. The van der Waals surface area contributed by atoms with Crippen molar-refractivity contribution in [2.75, 3.05) is 18.1 Å². The van der Waals surface area contributed by atoms with Crippen LogP contribution in [0, 0.1) is 5.92 Å². The van der Waals surface area contributed by atoms with Gasteiger partial charge in [-0.15, -0.1) is 12.4 Å². The molecule has 1 amide bonds. The molecule has 0 aliphatic heterocycles. The first-order valence-electron chi connectivity index (χ1n) is 6.35. The van der Waals surface area contributed by atoms with Gasteiger partial charge in [0.05, 0.1) is 0 Å². The minimum Gasteiger partial charge on any atom is -0.352 e. The van der Waals surface area contributed by atoms with Gasteiger partial charge in [-0.25, -0.2) is 0 Å². The van der Waals surface area contributed by atoms with E-state index in [0.29, 0.717) is 18.9 Å². The van der Waals surface area contributed by atoms with Gasteiger partial charge in [-0.05, 0) is 30.9 Å². The molecule has 1 rings (SSSR count). The highest BCUT2D eigenvalue weighted by Gasteiger charge is 2.30. The van der Waals surface area contributed by atoms with Crippen molar-refractivity contribution in [2.45, 2.75) is 45.1 Å². The van der Waals surface area contributed by atoms with Gasteiger partial charge in [0.1, 0.15) is 0 Å². The Balaban J connectivity index is 0.00000256. The molecule has 0 spiro atoms. The molecule has 3 N–H and O–H groups in total. The molecule has 0 aromatic carbocycles. The van der Waals surface area contributed by atoms with E-state index in [1.165, 1.54) is 31.4 Å². The number of carbonyl (C=O) groups is 1. The molecular weight excluding hydrogens is 256 g/mol. The van der Waals surface area contributed by atoms with Crippen molar-refractivity contribution >= 4 is 30.1 Å². The number of amides is 1. The highest BCUT2D eigenvalue weighted by molar-refractivity contribution is 7.99. The molecule has 1 aliphatic carbocycles. The summed E-state index contributed by atoms with van der Waals surface area (Å²) in [4.78, 5) is 11.6. The second-order valence-electron chi connectivity index (χ2n) is 4.46. The average Bonchev–Trinajstić information content (AvgIpc) is 3.09. The van der Waals surface area contributed by atoms with Gasteiger partial charge >= 0.3 is 0 Å². The van der Waals surface area contributed by atoms with E-state index in [1.807, 2.05) is 11.8 Å². The first kappa shape index (κ1) is 17.1. The second-order valence-corrected chi connectivity index (χ2v) is 5.69. The van der Waals surface area contributed by atoms with E-state index < -0.39 is 0 Å². The summed E-state index contributed by atoms with van der Waals surface area (Å²) in [5.41, 5.74) is 5.64. The summed E-state index contributed by atoms with van der Waals surface area (Å²) in [5, 5.41) is 3.04. The minimum absolute atomic E-state index is 0. The zero-order chi connectivity index (χ0) is 11.8. The molecule has 3 nitrogen and oxygen atoms in total. The maximum Gasteiger partial charge on any atom is 0.221 e. The third-order valence-corrected chi connectivity index (χ3v) is 3.98. The zero-order valence-corrected chi connectivity index (χ0v) is 12.2. The predicted octanol–water partition coefficient (Wildman–Crippen LogP) is 2.19. The van der Waals surface area contributed by atoms with E-state index in [2.05, 4.69) is 12.2 Å². The molecule has 1 unspecified atom stereocenters. The van der Waals surface area contributed by atoms with Gasteiger partial charge in [-0.1, -0.05) is 13.3 Å². The van der Waals surface area contributed by atoms with Crippen molar-refractivity contribution in [3.8, 4) is 0 Å². The Morgan fingerprint density at radius 3 is 2.71 bits per heavy atom. The molecule has 17 heavy (non-hydrogen) atoms. The van der Waals surface area contributed by atoms with Crippen LogP contribution in [-0.4, -0.2) is 30.0 Å². The van der Waals surface area contributed by atoms with Crippen molar-refractivity contribution in [2.24, 2.45) is 11.7 Å². The average molecular weight is 281 g/mol. The molecule has 1 saturated carbocycles. The number of hydrogen-bond acceptors (Lipinski definition) is 3. The van der Waals surface area contributed by atoms with Crippen LogP contribution in [0.5, 0.6) is 0 Å². The maximum absolute atomic E-state index is 11.6. The minimum atomic E-state index is 0. The van der Waals surface area contributed by atoms with Crippen LogP contribution < -0.4 is 11.1 Å². The quantitative estimate of drug-likeness (QED) is 0.637. The summed E-state index contributed by atoms with van der Waals surface area (Å²) < 4.78 is 0. The van der Waals surface area contributed by atoms with Gasteiger partial charge in [-0.3, -0.25) is 4.79 Å². The molecule has 1 fully saturated rings. The molecule has 0 aromatic heterocycles. The van der Waals surface area contributed by atoms with Crippen LogP contribution in [0.1, 0.15) is 39.0 Å². The van der Waals surface area contributed by atoms with E-state index in [9.17, 15) is 4.79 Å². The van der Waals surface area contributed by atoms with Crippen LogP contribution in [0.2, 0.25) is 0 Å². The number of thioether (sulfide) groups is 1. The molecule has 1 atom stereocenters. The third-order valence-electron chi connectivity index (χ3n) is 2.91. The van der Waals surface area contributed by atoms with Crippen molar-refractivity contribution in [3.05, 3.63) is 0 Å². The molecule has 0 aromatic rings. The number of halogens is 1. The Kier molecular flexibility index (Phi) is 10.1. The highest BCUT2D eigenvalue weighted by Crippen LogP contribution is 2.32. The van der Waals surface area contributed by atoms with Crippen LogP contribution in [0.3, 0.4) is 0 Å². The van der Waals surface area contributed by atoms with E-state index in [0.717, 1.165) is 5.75 Å². The summed E-state index contributed by atoms with van der Waals surface area (Å²) in [5.74, 6) is 2.94. The summed E-state index contributed by atoms with van der Waals surface area (Å²) >= 11 is 1.87. The van der Waals surface area contributed by atoms with Crippen molar-refractivity contribution in [1.29, 1.82) is 0 Å². The van der Waals surface area contributed by atoms with Crippen LogP contribution >= 0.6 is 24.2 Å². The Bertz CT molecular complexity index is 213. The number of nitrogens with one attached hydrogen (secondary N) is 1. The number of hydrogen-bond donors (Lipinski definition) is 2. The number of carbonyl (C=O) groups excluding carboxylic acids is 1. The van der Waals surface area contributed by atoms with Crippen LogP contribution in [0.15, 0.2) is 0 Å². The number of unbranched alkanes of at least 4 members (excludes halogenated alkanes) is 1. The second kappa shape index (κ2) is 10.0.